The molecule has 1 aromatic heterocycles. The highest BCUT2D eigenvalue weighted by molar-refractivity contribution is 5.54. The van der Waals surface area contributed by atoms with Crippen molar-refractivity contribution in [2.24, 2.45) is 0 Å². The first-order valence-electron chi connectivity index (χ1n) is 6.72. The molecule has 0 saturated carbocycles. The Balaban J connectivity index is 2.26. The van der Waals surface area contributed by atoms with Gasteiger partial charge in [-0.15, -0.1) is 0 Å². The maximum atomic E-state index is 11.1. The van der Waals surface area contributed by atoms with Crippen LogP contribution in [0.2, 0.25) is 0 Å². The molecule has 2 aromatic rings. The Morgan fingerprint density at radius 1 is 1.38 bits per heavy atom. The van der Waals surface area contributed by atoms with Crippen LogP contribution in [0.4, 0.5) is 11.4 Å². The molecule has 2 rings (SSSR count). The lowest BCUT2D eigenvalue weighted by molar-refractivity contribution is -0.386. The van der Waals surface area contributed by atoms with E-state index in [1.807, 2.05) is 0 Å². The first-order chi connectivity index (χ1) is 10.1. The third-order valence-corrected chi connectivity index (χ3v) is 2.90. The summed E-state index contributed by atoms with van der Waals surface area (Å²) in [5.41, 5.74) is 1.36. The van der Waals surface area contributed by atoms with Crippen LogP contribution in [-0.2, 0) is 0 Å². The summed E-state index contributed by atoms with van der Waals surface area (Å²) in [5, 5.41) is 14.3. The van der Waals surface area contributed by atoms with E-state index < -0.39 is 4.92 Å². The van der Waals surface area contributed by atoms with Crippen molar-refractivity contribution in [3.05, 3.63) is 52.3 Å². The molecule has 0 aliphatic heterocycles. The minimum atomic E-state index is -0.433. The average molecular weight is 287 g/mol. The third-order valence-electron chi connectivity index (χ3n) is 2.90. The zero-order valence-electron chi connectivity index (χ0n) is 12.0. The standard InChI is InChI=1S/C15H17N3O3/c1-3-7-17-12-8-13(10-16-9-12)21-14-6-4-5-11(2)15(14)18(19)20/h4-6,8-10,17H,3,7H2,1-2H3. The molecule has 0 atom stereocenters. The molecule has 0 amide bonds. The first-order valence-corrected chi connectivity index (χ1v) is 6.72. The van der Waals surface area contributed by atoms with Gasteiger partial charge in [0.2, 0.25) is 5.75 Å². The van der Waals surface area contributed by atoms with Crippen molar-refractivity contribution in [3.63, 3.8) is 0 Å². The van der Waals surface area contributed by atoms with E-state index in [-0.39, 0.29) is 11.4 Å². The van der Waals surface area contributed by atoms with Gasteiger partial charge < -0.3 is 10.1 Å². The second kappa shape index (κ2) is 6.69. The Labute approximate surface area is 122 Å². The number of nitrogens with one attached hydrogen (secondary N) is 1. The van der Waals surface area contributed by atoms with Crippen LogP contribution in [0.25, 0.3) is 0 Å². The molecule has 21 heavy (non-hydrogen) atoms. The van der Waals surface area contributed by atoms with Crippen molar-refractivity contribution < 1.29 is 9.66 Å². The van der Waals surface area contributed by atoms with Crippen molar-refractivity contribution in [2.75, 3.05) is 11.9 Å². The SMILES string of the molecule is CCCNc1cncc(Oc2cccc(C)c2[N+](=O)[O-])c1. The predicted molar refractivity (Wildman–Crippen MR) is 80.9 cm³/mol. The lowest BCUT2D eigenvalue weighted by atomic mass is 10.2. The van der Waals surface area contributed by atoms with Gasteiger partial charge in [-0.3, -0.25) is 15.1 Å². The van der Waals surface area contributed by atoms with E-state index in [0.717, 1.165) is 18.7 Å². The van der Waals surface area contributed by atoms with Crippen LogP contribution in [0.5, 0.6) is 11.5 Å². The minimum absolute atomic E-state index is 0.0237. The average Bonchev–Trinajstić information content (AvgIpc) is 2.45. The van der Waals surface area contributed by atoms with E-state index in [1.165, 1.54) is 6.20 Å². The van der Waals surface area contributed by atoms with Crippen LogP contribution in [0, 0.1) is 17.0 Å². The van der Waals surface area contributed by atoms with Crippen LogP contribution in [0.15, 0.2) is 36.7 Å². The number of ether oxygens (including phenoxy) is 1. The number of hydrogen-bond acceptors (Lipinski definition) is 5. The van der Waals surface area contributed by atoms with Crippen molar-refractivity contribution in [3.8, 4) is 11.5 Å². The third kappa shape index (κ3) is 3.68. The van der Waals surface area contributed by atoms with Crippen molar-refractivity contribution in [1.29, 1.82) is 0 Å². The van der Waals surface area contributed by atoms with Gasteiger partial charge in [0, 0.05) is 18.2 Å². The fourth-order valence-corrected chi connectivity index (χ4v) is 1.92. The molecule has 0 aliphatic carbocycles. The normalized spacial score (nSPS) is 10.2. The Kier molecular flexibility index (Phi) is 4.71. The highest BCUT2D eigenvalue weighted by Gasteiger charge is 2.18. The second-order valence-electron chi connectivity index (χ2n) is 4.62. The number of rotatable bonds is 6. The highest BCUT2D eigenvalue weighted by Crippen LogP contribution is 2.34. The second-order valence-corrected chi connectivity index (χ2v) is 4.62. The van der Waals surface area contributed by atoms with Gasteiger partial charge in [0.25, 0.3) is 0 Å². The quantitative estimate of drug-likeness (QED) is 0.643. The Hall–Kier alpha value is -2.63. The number of aromatic nitrogens is 1. The molecule has 0 aliphatic rings. The molecule has 0 unspecified atom stereocenters. The van der Waals surface area contributed by atoms with Gasteiger partial charge in [-0.25, -0.2) is 0 Å². The predicted octanol–water partition coefficient (Wildman–Crippen LogP) is 3.91. The number of anilines is 1. The monoisotopic (exact) mass is 287 g/mol. The molecule has 1 N–H and O–H groups in total. The zero-order valence-corrected chi connectivity index (χ0v) is 12.0. The van der Waals surface area contributed by atoms with Gasteiger partial charge >= 0.3 is 5.69 Å². The number of aryl methyl sites for hydroxylation is 1. The summed E-state index contributed by atoms with van der Waals surface area (Å²) in [4.78, 5) is 14.8. The minimum Gasteiger partial charge on any atom is -0.448 e. The molecular formula is C15H17N3O3. The molecule has 1 aromatic carbocycles. The van der Waals surface area contributed by atoms with E-state index in [2.05, 4.69) is 17.2 Å². The summed E-state index contributed by atoms with van der Waals surface area (Å²) < 4.78 is 5.63. The highest BCUT2D eigenvalue weighted by atomic mass is 16.6. The van der Waals surface area contributed by atoms with Gasteiger partial charge in [0.1, 0.15) is 5.75 Å². The van der Waals surface area contributed by atoms with Gasteiger partial charge in [-0.2, -0.15) is 0 Å². The van der Waals surface area contributed by atoms with E-state index in [9.17, 15) is 10.1 Å². The maximum absolute atomic E-state index is 11.1. The van der Waals surface area contributed by atoms with Gasteiger partial charge in [0.15, 0.2) is 0 Å². The van der Waals surface area contributed by atoms with Gasteiger partial charge in [0.05, 0.1) is 23.0 Å². The van der Waals surface area contributed by atoms with Crippen LogP contribution in [0.1, 0.15) is 18.9 Å². The summed E-state index contributed by atoms with van der Waals surface area (Å²) in [7, 11) is 0. The summed E-state index contributed by atoms with van der Waals surface area (Å²) in [6, 6.07) is 6.76. The van der Waals surface area contributed by atoms with E-state index in [0.29, 0.717) is 11.3 Å². The Morgan fingerprint density at radius 2 is 2.19 bits per heavy atom. The zero-order chi connectivity index (χ0) is 15.2. The summed E-state index contributed by atoms with van der Waals surface area (Å²) >= 11 is 0. The molecule has 6 heteroatoms. The van der Waals surface area contributed by atoms with E-state index in [4.69, 9.17) is 4.74 Å². The molecular weight excluding hydrogens is 270 g/mol. The van der Waals surface area contributed by atoms with Crippen LogP contribution >= 0.6 is 0 Å². The number of nitro groups is 1. The largest absolute Gasteiger partial charge is 0.448 e. The summed E-state index contributed by atoms with van der Waals surface area (Å²) in [6.07, 6.45) is 4.21. The van der Waals surface area contributed by atoms with E-state index in [1.54, 1.807) is 37.4 Å². The Morgan fingerprint density at radius 3 is 2.90 bits per heavy atom. The molecule has 0 bridgehead atoms. The Bertz CT molecular complexity index is 644. The molecule has 110 valence electrons. The first kappa shape index (κ1) is 14.8. The smallest absolute Gasteiger partial charge is 0.314 e. The number of benzene rings is 1. The number of para-hydroxylation sites is 1. The topological polar surface area (TPSA) is 77.3 Å². The van der Waals surface area contributed by atoms with Crippen LogP contribution < -0.4 is 10.1 Å². The summed E-state index contributed by atoms with van der Waals surface area (Å²) in [5.74, 6) is 0.680. The molecule has 0 fully saturated rings. The van der Waals surface area contributed by atoms with Gasteiger partial charge in [-0.1, -0.05) is 19.1 Å². The number of nitro benzene ring substituents is 1. The fraction of sp³-hybridized carbons (Fsp3) is 0.267. The molecule has 0 spiro atoms. The fourth-order valence-electron chi connectivity index (χ4n) is 1.92. The van der Waals surface area contributed by atoms with Crippen molar-refractivity contribution in [2.45, 2.75) is 20.3 Å². The lowest BCUT2D eigenvalue weighted by Crippen LogP contribution is -2.00. The van der Waals surface area contributed by atoms with Crippen LogP contribution in [0.3, 0.4) is 0 Å². The summed E-state index contributed by atoms with van der Waals surface area (Å²) in [6.45, 7) is 4.58. The van der Waals surface area contributed by atoms with Crippen molar-refractivity contribution in [1.82, 2.24) is 4.98 Å². The molecule has 1 heterocycles. The number of pyridine rings is 1. The maximum Gasteiger partial charge on any atom is 0.314 e. The number of hydrogen-bond donors (Lipinski definition) is 1. The van der Waals surface area contributed by atoms with Crippen LogP contribution in [-0.4, -0.2) is 16.5 Å². The molecule has 0 radical (unpaired) electrons. The lowest BCUT2D eigenvalue weighted by Gasteiger charge is -2.09. The number of nitrogens with zero attached hydrogens (tertiary/aromatic N) is 2. The van der Waals surface area contributed by atoms with Crippen molar-refractivity contribution >= 4 is 11.4 Å². The van der Waals surface area contributed by atoms with E-state index >= 15 is 0 Å². The molecule has 0 saturated heterocycles. The van der Waals surface area contributed by atoms with Gasteiger partial charge in [-0.05, 0) is 19.4 Å². The molecule has 6 nitrogen and oxygen atoms in total.